The van der Waals surface area contributed by atoms with E-state index in [0.717, 1.165) is 15.0 Å². The third kappa shape index (κ3) is 4.67. The highest BCUT2D eigenvalue weighted by Crippen LogP contribution is 2.28. The van der Waals surface area contributed by atoms with Crippen LogP contribution in [-0.4, -0.2) is 26.9 Å². The molecule has 0 radical (unpaired) electrons. The fourth-order valence-corrected chi connectivity index (χ4v) is 3.67. The van der Waals surface area contributed by atoms with Crippen molar-refractivity contribution in [1.82, 2.24) is 20.3 Å². The molecule has 1 N–H and O–H groups in total. The van der Waals surface area contributed by atoms with Crippen LogP contribution >= 0.6 is 23.1 Å². The smallest absolute Gasteiger partial charge is 0.237 e. The molecule has 2 aromatic heterocycles. The number of aromatic nitrogens is 4. The first kappa shape index (κ1) is 17.6. The first-order chi connectivity index (χ1) is 12.2. The standard InChI is InChI=1S/C17H19N5OS2/c1-4-9-18-16-20-21-17(25-16)24-10-14-19-15(22-23-14)13-7-5-12(6-8-13)11(2)3/h4-8,11H,1,9-10H2,2-3H3,(H,18,20). The molecule has 130 valence electrons. The van der Waals surface area contributed by atoms with E-state index in [1.807, 2.05) is 12.1 Å². The molecule has 8 heteroatoms. The van der Waals surface area contributed by atoms with Crippen molar-refractivity contribution in [3.63, 3.8) is 0 Å². The van der Waals surface area contributed by atoms with Crippen molar-refractivity contribution in [2.24, 2.45) is 0 Å². The van der Waals surface area contributed by atoms with Gasteiger partial charge in [-0.1, -0.05) is 72.4 Å². The number of hydrogen-bond acceptors (Lipinski definition) is 8. The molecule has 0 atom stereocenters. The minimum Gasteiger partial charge on any atom is -0.357 e. The van der Waals surface area contributed by atoms with Gasteiger partial charge in [-0.15, -0.1) is 16.8 Å². The molecule has 0 bridgehead atoms. The summed E-state index contributed by atoms with van der Waals surface area (Å²) >= 11 is 3.02. The van der Waals surface area contributed by atoms with Crippen molar-refractivity contribution in [3.8, 4) is 11.4 Å². The van der Waals surface area contributed by atoms with Crippen LogP contribution in [0.1, 0.15) is 31.2 Å². The van der Waals surface area contributed by atoms with Gasteiger partial charge in [0.15, 0.2) is 4.34 Å². The van der Waals surface area contributed by atoms with Crippen molar-refractivity contribution < 1.29 is 4.52 Å². The van der Waals surface area contributed by atoms with Crippen LogP contribution in [0.3, 0.4) is 0 Å². The molecular weight excluding hydrogens is 354 g/mol. The summed E-state index contributed by atoms with van der Waals surface area (Å²) in [5, 5.41) is 16.1. The summed E-state index contributed by atoms with van der Waals surface area (Å²) in [5.74, 6) is 2.25. The number of anilines is 1. The van der Waals surface area contributed by atoms with E-state index in [4.69, 9.17) is 4.52 Å². The largest absolute Gasteiger partial charge is 0.357 e. The van der Waals surface area contributed by atoms with E-state index in [2.05, 4.69) is 58.2 Å². The highest BCUT2D eigenvalue weighted by molar-refractivity contribution is 8.00. The van der Waals surface area contributed by atoms with Gasteiger partial charge >= 0.3 is 0 Å². The third-order valence-electron chi connectivity index (χ3n) is 3.43. The van der Waals surface area contributed by atoms with Gasteiger partial charge in [0.1, 0.15) is 0 Å². The Labute approximate surface area is 154 Å². The lowest BCUT2D eigenvalue weighted by molar-refractivity contribution is 0.391. The second kappa shape index (κ2) is 8.26. The van der Waals surface area contributed by atoms with E-state index in [9.17, 15) is 0 Å². The maximum absolute atomic E-state index is 5.34. The third-order valence-corrected chi connectivity index (χ3v) is 5.43. The highest BCUT2D eigenvalue weighted by Gasteiger charge is 2.11. The normalized spacial score (nSPS) is 11.0. The van der Waals surface area contributed by atoms with Crippen LogP contribution < -0.4 is 5.32 Å². The number of rotatable bonds is 8. The molecule has 0 saturated heterocycles. The van der Waals surface area contributed by atoms with Crippen LogP contribution in [0, 0.1) is 0 Å². The van der Waals surface area contributed by atoms with Crippen LogP contribution in [0.25, 0.3) is 11.4 Å². The summed E-state index contributed by atoms with van der Waals surface area (Å²) in [7, 11) is 0. The summed E-state index contributed by atoms with van der Waals surface area (Å²) < 4.78 is 6.19. The first-order valence-corrected chi connectivity index (χ1v) is 9.70. The maximum atomic E-state index is 5.34. The minimum absolute atomic E-state index is 0.504. The Bertz CT molecular complexity index is 826. The average Bonchev–Trinajstić information content (AvgIpc) is 3.27. The molecule has 0 saturated carbocycles. The van der Waals surface area contributed by atoms with E-state index < -0.39 is 0 Å². The van der Waals surface area contributed by atoms with Gasteiger partial charge in [-0.05, 0) is 11.5 Å². The molecule has 2 heterocycles. The average molecular weight is 374 g/mol. The molecule has 1 aromatic carbocycles. The zero-order valence-corrected chi connectivity index (χ0v) is 15.7. The highest BCUT2D eigenvalue weighted by atomic mass is 32.2. The molecule has 0 aliphatic heterocycles. The van der Waals surface area contributed by atoms with Gasteiger partial charge < -0.3 is 9.84 Å². The number of hydrogen-bond donors (Lipinski definition) is 1. The predicted molar refractivity (Wildman–Crippen MR) is 102 cm³/mol. The maximum Gasteiger partial charge on any atom is 0.237 e. The van der Waals surface area contributed by atoms with Gasteiger partial charge in [0.05, 0.1) is 5.75 Å². The minimum atomic E-state index is 0.504. The molecule has 0 aliphatic rings. The van der Waals surface area contributed by atoms with Crippen molar-refractivity contribution in [2.75, 3.05) is 11.9 Å². The summed E-state index contributed by atoms with van der Waals surface area (Å²) in [6.45, 7) is 8.67. The Morgan fingerprint density at radius 3 is 2.80 bits per heavy atom. The molecular formula is C17H19N5OS2. The summed E-state index contributed by atoms with van der Waals surface area (Å²) in [5.41, 5.74) is 2.25. The number of benzene rings is 1. The van der Waals surface area contributed by atoms with Gasteiger partial charge in [-0.3, -0.25) is 0 Å². The Kier molecular flexibility index (Phi) is 5.83. The summed E-state index contributed by atoms with van der Waals surface area (Å²) in [4.78, 5) is 4.46. The van der Waals surface area contributed by atoms with E-state index >= 15 is 0 Å². The molecule has 0 spiro atoms. The predicted octanol–water partition coefficient (Wildman–Crippen LogP) is 4.60. The van der Waals surface area contributed by atoms with Crippen LogP contribution in [0.5, 0.6) is 0 Å². The number of thioether (sulfide) groups is 1. The quantitative estimate of drug-likeness (QED) is 0.456. The van der Waals surface area contributed by atoms with Crippen LogP contribution in [-0.2, 0) is 5.75 Å². The molecule has 3 aromatic rings. The van der Waals surface area contributed by atoms with Gasteiger partial charge in [-0.25, -0.2) is 0 Å². The second-order valence-corrected chi connectivity index (χ2v) is 7.82. The number of nitrogens with one attached hydrogen (secondary N) is 1. The second-order valence-electron chi connectivity index (χ2n) is 5.62. The van der Waals surface area contributed by atoms with Gasteiger partial charge in [0.25, 0.3) is 0 Å². The SMILES string of the molecule is C=CCNc1nnc(SCc2nc(-c3ccc(C(C)C)cc3)no2)s1. The zero-order valence-electron chi connectivity index (χ0n) is 14.1. The fraction of sp³-hybridized carbons (Fsp3) is 0.294. The molecule has 0 amide bonds. The molecule has 0 unspecified atom stereocenters. The molecule has 0 fully saturated rings. The van der Waals surface area contributed by atoms with Crippen molar-refractivity contribution in [1.29, 1.82) is 0 Å². The Balaban J connectivity index is 1.59. The molecule has 25 heavy (non-hydrogen) atoms. The van der Waals surface area contributed by atoms with Gasteiger partial charge in [0, 0.05) is 12.1 Å². The van der Waals surface area contributed by atoms with Crippen LogP contribution in [0.2, 0.25) is 0 Å². The van der Waals surface area contributed by atoms with Crippen molar-refractivity contribution in [3.05, 3.63) is 48.4 Å². The summed E-state index contributed by atoms with van der Waals surface area (Å²) in [6, 6.07) is 8.26. The molecule has 0 aliphatic carbocycles. The van der Waals surface area contributed by atoms with Crippen molar-refractivity contribution >= 4 is 28.2 Å². The molecule has 3 rings (SSSR count). The van der Waals surface area contributed by atoms with Crippen LogP contribution in [0.4, 0.5) is 5.13 Å². The summed E-state index contributed by atoms with van der Waals surface area (Å²) in [6.07, 6.45) is 1.78. The van der Waals surface area contributed by atoms with E-state index in [0.29, 0.717) is 29.9 Å². The van der Waals surface area contributed by atoms with E-state index in [-0.39, 0.29) is 0 Å². The zero-order chi connectivity index (χ0) is 17.6. The Morgan fingerprint density at radius 2 is 2.08 bits per heavy atom. The Hall–Kier alpha value is -2.19. The monoisotopic (exact) mass is 373 g/mol. The fourth-order valence-electron chi connectivity index (χ4n) is 2.07. The Morgan fingerprint density at radius 1 is 1.28 bits per heavy atom. The lowest BCUT2D eigenvalue weighted by atomic mass is 10.0. The van der Waals surface area contributed by atoms with Gasteiger partial charge in [-0.2, -0.15) is 4.98 Å². The lowest BCUT2D eigenvalue weighted by Crippen LogP contribution is -1.96. The van der Waals surface area contributed by atoms with E-state index in [1.54, 1.807) is 6.08 Å². The van der Waals surface area contributed by atoms with Crippen molar-refractivity contribution in [2.45, 2.75) is 29.9 Å². The molecule has 6 nitrogen and oxygen atoms in total. The lowest BCUT2D eigenvalue weighted by Gasteiger charge is -2.04. The first-order valence-electron chi connectivity index (χ1n) is 7.89. The van der Waals surface area contributed by atoms with Gasteiger partial charge in [0.2, 0.25) is 16.8 Å². The number of nitrogens with zero attached hydrogens (tertiary/aromatic N) is 4. The van der Waals surface area contributed by atoms with Crippen LogP contribution in [0.15, 0.2) is 45.8 Å². The topological polar surface area (TPSA) is 76.7 Å². The van der Waals surface area contributed by atoms with E-state index in [1.165, 1.54) is 28.7 Å².